The van der Waals surface area contributed by atoms with Crippen LogP contribution in [0.3, 0.4) is 0 Å². The molecule has 1 atom stereocenters. The molecule has 0 heterocycles. The zero-order valence-electron chi connectivity index (χ0n) is 22.0. The molecule has 196 valence electrons. The first-order chi connectivity index (χ1) is 18.3. The third-order valence-corrected chi connectivity index (χ3v) is 6.76. The van der Waals surface area contributed by atoms with E-state index in [4.69, 9.17) is 9.84 Å². The number of aliphatic hydroxyl groups is 1. The van der Waals surface area contributed by atoms with E-state index < -0.39 is 11.6 Å². The van der Waals surface area contributed by atoms with Crippen molar-refractivity contribution in [3.05, 3.63) is 125 Å². The van der Waals surface area contributed by atoms with E-state index in [2.05, 4.69) is 17.0 Å². The minimum atomic E-state index is -1.10. The molecular weight excluding hydrogens is 474 g/mol. The molecule has 5 nitrogen and oxygen atoms in total. The lowest BCUT2D eigenvalue weighted by Gasteiger charge is -2.30. The number of ether oxygens (including phenoxy) is 1. The number of hydrogen-bond acceptors (Lipinski definition) is 4. The number of carbonyl (C=O) groups is 1. The van der Waals surface area contributed by atoms with Crippen LogP contribution in [0.1, 0.15) is 39.9 Å². The highest BCUT2D eigenvalue weighted by Crippen LogP contribution is 2.35. The van der Waals surface area contributed by atoms with Crippen molar-refractivity contribution in [2.45, 2.75) is 24.9 Å². The van der Waals surface area contributed by atoms with Gasteiger partial charge >= 0.3 is 5.97 Å². The number of carboxylic acid groups (broad SMARTS) is 1. The third kappa shape index (κ3) is 6.88. The van der Waals surface area contributed by atoms with Gasteiger partial charge in [-0.1, -0.05) is 78.9 Å². The van der Waals surface area contributed by atoms with E-state index in [1.54, 1.807) is 12.1 Å². The molecule has 0 saturated heterocycles. The van der Waals surface area contributed by atoms with Crippen LogP contribution in [0.2, 0.25) is 0 Å². The highest BCUT2D eigenvalue weighted by Gasteiger charge is 2.31. The van der Waals surface area contributed by atoms with Gasteiger partial charge in [-0.25, -0.2) is 4.79 Å². The Labute approximate surface area is 225 Å². The van der Waals surface area contributed by atoms with Gasteiger partial charge in [0, 0.05) is 6.42 Å². The lowest BCUT2D eigenvalue weighted by molar-refractivity contribution is 0.0661. The number of rotatable bonds is 12. The van der Waals surface area contributed by atoms with Crippen LogP contribution in [0.5, 0.6) is 5.75 Å². The first-order valence-corrected chi connectivity index (χ1v) is 12.9. The van der Waals surface area contributed by atoms with Crippen LogP contribution >= 0.6 is 0 Å². The highest BCUT2D eigenvalue weighted by molar-refractivity contribution is 5.88. The number of hydrogen-bond donors (Lipinski definition) is 2. The molecule has 4 aromatic rings. The van der Waals surface area contributed by atoms with Crippen LogP contribution in [-0.4, -0.2) is 48.3 Å². The summed E-state index contributed by atoms with van der Waals surface area (Å²) < 4.78 is 6.13. The van der Waals surface area contributed by atoms with Gasteiger partial charge in [-0.2, -0.15) is 0 Å². The van der Waals surface area contributed by atoms with Crippen LogP contribution in [0.15, 0.2) is 103 Å². The number of carboxylic acids is 1. The Morgan fingerprint density at radius 1 is 0.816 bits per heavy atom. The molecule has 0 radical (unpaired) electrons. The molecule has 0 bridgehead atoms. The van der Waals surface area contributed by atoms with Crippen molar-refractivity contribution in [3.63, 3.8) is 0 Å². The summed E-state index contributed by atoms with van der Waals surface area (Å²) in [6.45, 7) is 1.39. The number of benzene rings is 4. The second kappa shape index (κ2) is 12.5. The number of aromatic carboxylic acids is 1. The minimum Gasteiger partial charge on any atom is -0.493 e. The van der Waals surface area contributed by atoms with Gasteiger partial charge in [-0.05, 0) is 85.6 Å². The Hall–Kier alpha value is -3.93. The van der Waals surface area contributed by atoms with Crippen LogP contribution in [0.4, 0.5) is 0 Å². The van der Waals surface area contributed by atoms with Crippen molar-refractivity contribution < 1.29 is 19.7 Å². The van der Waals surface area contributed by atoms with Crippen molar-refractivity contribution >= 4 is 5.97 Å². The summed E-state index contributed by atoms with van der Waals surface area (Å²) in [5.74, 6) is -0.202. The molecule has 5 heteroatoms. The summed E-state index contributed by atoms with van der Waals surface area (Å²) in [5.41, 5.74) is 4.02. The Bertz CT molecular complexity index is 1330. The van der Waals surface area contributed by atoms with E-state index in [-0.39, 0.29) is 5.56 Å². The van der Waals surface area contributed by atoms with E-state index >= 15 is 0 Å². The second-order valence-electron chi connectivity index (χ2n) is 9.84. The lowest BCUT2D eigenvalue weighted by Crippen LogP contribution is -2.29. The standard InChI is InChI=1S/C33H35NO4/c1-34(2)21-8-20-33(37,29-11-4-3-5-12-29)30-13-7-14-31(24-30)38-22-19-25-9-6-10-28(23-25)26-15-17-27(18-16-26)32(35)36/h3-7,9-18,23-24,37H,8,19-22H2,1-2H3,(H,35,36). The van der Waals surface area contributed by atoms with Gasteiger partial charge < -0.3 is 19.8 Å². The van der Waals surface area contributed by atoms with Crippen LogP contribution in [-0.2, 0) is 12.0 Å². The maximum atomic E-state index is 11.9. The van der Waals surface area contributed by atoms with Crippen molar-refractivity contribution in [3.8, 4) is 16.9 Å². The second-order valence-corrected chi connectivity index (χ2v) is 9.84. The van der Waals surface area contributed by atoms with E-state index in [9.17, 15) is 9.90 Å². The van der Waals surface area contributed by atoms with Gasteiger partial charge in [0.05, 0.1) is 12.2 Å². The van der Waals surface area contributed by atoms with E-state index in [0.717, 1.165) is 53.0 Å². The summed E-state index contributed by atoms with van der Waals surface area (Å²) in [6, 6.07) is 32.7. The molecule has 0 spiro atoms. The Kier molecular flexibility index (Phi) is 8.95. The Morgan fingerprint density at radius 2 is 1.53 bits per heavy atom. The van der Waals surface area contributed by atoms with Crippen molar-refractivity contribution in [2.24, 2.45) is 0 Å². The Morgan fingerprint density at radius 3 is 2.24 bits per heavy atom. The summed E-state index contributed by atoms with van der Waals surface area (Å²) in [6.07, 6.45) is 2.19. The predicted molar refractivity (Wildman–Crippen MR) is 152 cm³/mol. The van der Waals surface area contributed by atoms with Gasteiger partial charge in [-0.15, -0.1) is 0 Å². The van der Waals surface area contributed by atoms with Crippen molar-refractivity contribution in [1.29, 1.82) is 0 Å². The van der Waals surface area contributed by atoms with Gasteiger partial charge in [0.15, 0.2) is 0 Å². The largest absolute Gasteiger partial charge is 0.493 e. The van der Waals surface area contributed by atoms with Crippen molar-refractivity contribution in [2.75, 3.05) is 27.2 Å². The zero-order chi connectivity index (χ0) is 27.0. The maximum Gasteiger partial charge on any atom is 0.335 e. The summed E-state index contributed by atoms with van der Waals surface area (Å²) in [7, 11) is 4.08. The maximum absolute atomic E-state index is 11.9. The highest BCUT2D eigenvalue weighted by atomic mass is 16.5. The predicted octanol–water partition coefficient (Wildman–Crippen LogP) is 6.25. The fourth-order valence-corrected chi connectivity index (χ4v) is 4.66. The molecule has 0 fully saturated rings. The van der Waals surface area contributed by atoms with E-state index in [1.807, 2.05) is 93.0 Å². The van der Waals surface area contributed by atoms with Crippen molar-refractivity contribution in [1.82, 2.24) is 4.90 Å². The normalized spacial score (nSPS) is 12.7. The zero-order valence-corrected chi connectivity index (χ0v) is 22.0. The molecule has 4 rings (SSSR count). The molecule has 0 aliphatic rings. The van der Waals surface area contributed by atoms with E-state index in [1.165, 1.54) is 0 Å². The summed E-state index contributed by atoms with van der Waals surface area (Å²) in [4.78, 5) is 13.3. The van der Waals surface area contributed by atoms with Crippen LogP contribution in [0, 0.1) is 0 Å². The SMILES string of the molecule is CN(C)CCCC(O)(c1ccccc1)c1cccc(OCCc2cccc(-c3ccc(C(=O)O)cc3)c2)c1. The van der Waals surface area contributed by atoms with E-state index in [0.29, 0.717) is 13.0 Å². The molecule has 0 aliphatic carbocycles. The number of nitrogens with zero attached hydrogens (tertiary/aromatic N) is 1. The van der Waals surface area contributed by atoms with Gasteiger partial charge in [0.25, 0.3) is 0 Å². The molecule has 0 amide bonds. The Balaban J connectivity index is 1.44. The molecule has 38 heavy (non-hydrogen) atoms. The minimum absolute atomic E-state index is 0.275. The fourth-order valence-electron chi connectivity index (χ4n) is 4.66. The quantitative estimate of drug-likeness (QED) is 0.236. The summed E-state index contributed by atoms with van der Waals surface area (Å²) >= 11 is 0. The molecule has 0 aromatic heterocycles. The average Bonchev–Trinajstić information content (AvgIpc) is 2.93. The molecule has 0 aliphatic heterocycles. The average molecular weight is 510 g/mol. The first-order valence-electron chi connectivity index (χ1n) is 12.9. The topological polar surface area (TPSA) is 70.0 Å². The van der Waals surface area contributed by atoms with Crippen LogP contribution < -0.4 is 4.74 Å². The smallest absolute Gasteiger partial charge is 0.335 e. The lowest BCUT2D eigenvalue weighted by atomic mass is 9.82. The third-order valence-electron chi connectivity index (χ3n) is 6.76. The van der Waals surface area contributed by atoms with Crippen LogP contribution in [0.25, 0.3) is 11.1 Å². The molecule has 0 saturated carbocycles. The first kappa shape index (κ1) is 27.1. The van der Waals surface area contributed by atoms with Gasteiger partial charge in [-0.3, -0.25) is 0 Å². The van der Waals surface area contributed by atoms with Gasteiger partial charge in [0.1, 0.15) is 11.4 Å². The molecule has 4 aromatic carbocycles. The molecular formula is C33H35NO4. The summed E-state index contributed by atoms with van der Waals surface area (Å²) in [5, 5.41) is 21.0. The molecule has 1 unspecified atom stereocenters. The van der Waals surface area contributed by atoms with Gasteiger partial charge in [0.2, 0.25) is 0 Å². The fraction of sp³-hybridized carbons (Fsp3) is 0.242. The monoisotopic (exact) mass is 509 g/mol. The molecule has 2 N–H and O–H groups in total.